The van der Waals surface area contributed by atoms with Gasteiger partial charge in [0, 0.05) is 0 Å². The van der Waals surface area contributed by atoms with Crippen molar-refractivity contribution >= 4 is 42.7 Å². The maximum absolute atomic E-state index is 9.35. The van der Waals surface area contributed by atoms with Gasteiger partial charge in [0.2, 0.25) is 0 Å². The Balaban J connectivity index is 0.000000924. The number of ether oxygens (including phenoxy) is 2. The standard InChI is InChI=1S/C12H10B4N2O3.C2H6/c13-6-1-2-7-8(3-6)20-4-9(21-7)10-17-11(14,5-19)12(15,16)18-10;1-2/h1-3,9,19H,4-5H2,(H,17,18);1-2H3. The molecule has 112 valence electrons. The summed E-state index contributed by atoms with van der Waals surface area (Å²) in [6.45, 7) is 3.69. The number of hydrogen-bond acceptors (Lipinski definition) is 5. The fourth-order valence-electron chi connectivity index (χ4n) is 2.20. The highest BCUT2D eigenvalue weighted by Crippen LogP contribution is 2.32. The Bertz CT molecular complexity index is 612. The van der Waals surface area contributed by atoms with Crippen molar-refractivity contribution in [2.45, 2.75) is 30.7 Å². The largest absolute Gasteiger partial charge is 0.485 e. The normalized spacial score (nSPS) is 27.3. The SMILES string of the molecule is CC.[B]c1ccc2c(c1)OCC(C1=NC([B])(CO)C([B])([B])N1)O2. The van der Waals surface area contributed by atoms with Gasteiger partial charge >= 0.3 is 0 Å². The molecular weight excluding hydrogens is 287 g/mol. The quantitative estimate of drug-likeness (QED) is 0.653. The fourth-order valence-corrected chi connectivity index (χ4v) is 2.20. The number of rotatable bonds is 2. The molecule has 2 atom stereocenters. The van der Waals surface area contributed by atoms with Gasteiger partial charge in [-0.2, -0.15) is 0 Å². The van der Waals surface area contributed by atoms with Crippen LogP contribution >= 0.6 is 0 Å². The van der Waals surface area contributed by atoms with Gasteiger partial charge in [0.1, 0.15) is 28.1 Å². The summed E-state index contributed by atoms with van der Waals surface area (Å²) in [7, 11) is 23.2. The molecule has 3 rings (SSSR count). The lowest BCUT2D eigenvalue weighted by Crippen LogP contribution is -2.62. The molecule has 23 heavy (non-hydrogen) atoms. The molecule has 2 aliphatic rings. The summed E-state index contributed by atoms with van der Waals surface area (Å²) in [4.78, 5) is 4.16. The molecular formula is C14H16B4N2O3. The maximum Gasteiger partial charge on any atom is 0.189 e. The third kappa shape index (κ3) is 3.25. The number of benzene rings is 1. The molecule has 0 saturated carbocycles. The van der Waals surface area contributed by atoms with E-state index in [2.05, 4.69) is 10.3 Å². The van der Waals surface area contributed by atoms with Crippen molar-refractivity contribution in [3.63, 3.8) is 0 Å². The third-order valence-corrected chi connectivity index (χ3v) is 3.54. The maximum atomic E-state index is 9.35. The van der Waals surface area contributed by atoms with Crippen LogP contribution in [0.4, 0.5) is 0 Å². The lowest BCUT2D eigenvalue weighted by molar-refractivity contribution is 0.133. The van der Waals surface area contributed by atoms with Crippen molar-refractivity contribution in [2.24, 2.45) is 4.99 Å². The lowest BCUT2D eigenvalue weighted by Gasteiger charge is -2.36. The number of hydrogen-bond donors (Lipinski definition) is 2. The molecule has 1 aromatic rings. The molecule has 0 saturated heterocycles. The molecule has 8 radical (unpaired) electrons. The van der Waals surface area contributed by atoms with Crippen LogP contribution in [0, 0.1) is 0 Å². The minimum atomic E-state index is -1.57. The predicted octanol–water partition coefficient (Wildman–Crippen LogP) is -1.50. The zero-order chi connectivity index (χ0) is 17.3. The van der Waals surface area contributed by atoms with Gasteiger partial charge in [-0.1, -0.05) is 25.4 Å². The number of nitrogens with one attached hydrogen (secondary N) is 1. The molecule has 2 unspecified atom stereocenters. The van der Waals surface area contributed by atoms with Gasteiger partial charge in [-0.05, 0) is 17.5 Å². The predicted molar refractivity (Wildman–Crippen MR) is 93.5 cm³/mol. The summed E-state index contributed by atoms with van der Waals surface area (Å²) in [5, 5.41) is 10.6. The smallest absolute Gasteiger partial charge is 0.189 e. The molecule has 0 spiro atoms. The lowest BCUT2D eigenvalue weighted by atomic mass is 9.46. The number of aliphatic hydroxyl groups is 1. The Labute approximate surface area is 141 Å². The number of aliphatic imine (C=N–C) groups is 1. The molecule has 0 fully saturated rings. The van der Waals surface area contributed by atoms with Gasteiger partial charge in [0.05, 0.1) is 27.7 Å². The van der Waals surface area contributed by atoms with Gasteiger partial charge in [0.15, 0.2) is 17.6 Å². The number of aliphatic hydroxyl groups excluding tert-OH is 1. The van der Waals surface area contributed by atoms with Crippen LogP contribution in [0.25, 0.3) is 0 Å². The second-order valence-electron chi connectivity index (χ2n) is 5.20. The van der Waals surface area contributed by atoms with Crippen LogP contribution < -0.4 is 20.3 Å². The van der Waals surface area contributed by atoms with E-state index < -0.39 is 23.5 Å². The minimum Gasteiger partial charge on any atom is -0.485 e. The zero-order valence-corrected chi connectivity index (χ0v) is 13.2. The Morgan fingerprint density at radius 2 is 2.00 bits per heavy atom. The van der Waals surface area contributed by atoms with E-state index in [0.29, 0.717) is 22.8 Å². The van der Waals surface area contributed by atoms with Crippen molar-refractivity contribution < 1.29 is 14.6 Å². The second kappa shape index (κ2) is 6.56. The van der Waals surface area contributed by atoms with E-state index in [1.807, 2.05) is 13.8 Å². The average molecular weight is 304 g/mol. The summed E-state index contributed by atoms with van der Waals surface area (Å²) in [5.41, 5.74) is -0.941. The van der Waals surface area contributed by atoms with Gasteiger partial charge in [0.25, 0.3) is 0 Å². The summed E-state index contributed by atoms with van der Waals surface area (Å²) in [6, 6.07) is 5.07. The fraction of sp³-hybridized carbons (Fsp3) is 0.500. The first kappa shape index (κ1) is 17.9. The van der Waals surface area contributed by atoms with Crippen molar-refractivity contribution in [1.82, 2.24) is 5.32 Å². The molecule has 2 N–H and O–H groups in total. The van der Waals surface area contributed by atoms with E-state index >= 15 is 0 Å². The van der Waals surface area contributed by atoms with Crippen LogP contribution in [0.15, 0.2) is 23.2 Å². The van der Waals surface area contributed by atoms with E-state index in [4.69, 9.17) is 40.9 Å². The minimum absolute atomic E-state index is 0.194. The van der Waals surface area contributed by atoms with Crippen LogP contribution in [0.5, 0.6) is 11.5 Å². The Morgan fingerprint density at radius 1 is 1.30 bits per heavy atom. The van der Waals surface area contributed by atoms with Crippen molar-refractivity contribution in [3.8, 4) is 11.5 Å². The molecule has 2 aliphatic heterocycles. The van der Waals surface area contributed by atoms with Gasteiger partial charge < -0.3 is 19.9 Å². The van der Waals surface area contributed by atoms with Gasteiger partial charge in [-0.15, -0.1) is 0 Å². The molecule has 2 heterocycles. The van der Waals surface area contributed by atoms with E-state index in [-0.39, 0.29) is 6.61 Å². The first-order valence-electron chi connectivity index (χ1n) is 7.39. The number of amidine groups is 1. The molecule has 5 nitrogen and oxygen atoms in total. The Hall–Kier alpha value is -1.49. The molecule has 0 amide bonds. The van der Waals surface area contributed by atoms with E-state index in [9.17, 15) is 5.11 Å². The second-order valence-corrected chi connectivity index (χ2v) is 5.20. The highest BCUT2D eigenvalue weighted by atomic mass is 16.6. The summed E-state index contributed by atoms with van der Waals surface area (Å²) < 4.78 is 11.4. The first-order chi connectivity index (χ1) is 10.8. The molecule has 0 aromatic heterocycles. The van der Waals surface area contributed by atoms with E-state index in [1.54, 1.807) is 18.2 Å². The van der Waals surface area contributed by atoms with Crippen LogP contribution in [0.1, 0.15) is 13.8 Å². The van der Waals surface area contributed by atoms with Crippen LogP contribution in [-0.2, 0) is 0 Å². The summed E-state index contributed by atoms with van der Waals surface area (Å²) in [6.07, 6.45) is -0.551. The summed E-state index contributed by atoms with van der Waals surface area (Å²) in [5.74, 6) is 1.42. The molecule has 0 bridgehead atoms. The topological polar surface area (TPSA) is 63.1 Å². The van der Waals surface area contributed by atoms with E-state index in [0.717, 1.165) is 0 Å². The van der Waals surface area contributed by atoms with Crippen LogP contribution in [0.2, 0.25) is 0 Å². The van der Waals surface area contributed by atoms with E-state index in [1.165, 1.54) is 0 Å². The molecule has 1 aromatic carbocycles. The van der Waals surface area contributed by atoms with Crippen LogP contribution in [-0.4, -0.2) is 72.4 Å². The van der Waals surface area contributed by atoms with Gasteiger partial charge in [-0.3, -0.25) is 4.99 Å². The number of nitrogens with zero attached hydrogens (tertiary/aromatic N) is 1. The molecule has 0 aliphatic carbocycles. The first-order valence-corrected chi connectivity index (χ1v) is 7.39. The average Bonchev–Trinajstić information content (AvgIpc) is 2.79. The third-order valence-electron chi connectivity index (χ3n) is 3.54. The highest BCUT2D eigenvalue weighted by molar-refractivity contribution is 6.47. The van der Waals surface area contributed by atoms with Crippen molar-refractivity contribution in [1.29, 1.82) is 0 Å². The van der Waals surface area contributed by atoms with Gasteiger partial charge in [-0.25, -0.2) is 0 Å². The molecule has 9 heteroatoms. The van der Waals surface area contributed by atoms with Crippen molar-refractivity contribution in [3.05, 3.63) is 18.2 Å². The summed E-state index contributed by atoms with van der Waals surface area (Å²) >= 11 is 0. The Morgan fingerprint density at radius 3 is 2.61 bits per heavy atom. The number of fused-ring (bicyclic) bond motifs is 1. The van der Waals surface area contributed by atoms with Crippen molar-refractivity contribution in [2.75, 3.05) is 13.2 Å². The zero-order valence-electron chi connectivity index (χ0n) is 13.2. The van der Waals surface area contributed by atoms with Crippen LogP contribution in [0.3, 0.4) is 0 Å². The Kier molecular flexibility index (Phi) is 5.09. The highest BCUT2D eigenvalue weighted by Gasteiger charge is 2.46. The monoisotopic (exact) mass is 304 g/mol.